The molecule has 0 bridgehead atoms. The first-order valence-corrected chi connectivity index (χ1v) is 8.13. The summed E-state index contributed by atoms with van der Waals surface area (Å²) in [6.45, 7) is 8.84. The van der Waals surface area contributed by atoms with E-state index in [0.717, 1.165) is 31.6 Å². The van der Waals surface area contributed by atoms with Crippen molar-refractivity contribution >= 4 is 5.91 Å². The Labute approximate surface area is 133 Å². The van der Waals surface area contributed by atoms with Crippen LogP contribution in [-0.4, -0.2) is 62.6 Å². The van der Waals surface area contributed by atoms with Crippen molar-refractivity contribution < 1.29 is 9.90 Å². The molecule has 6 heteroatoms. The van der Waals surface area contributed by atoms with Crippen molar-refractivity contribution in [1.29, 1.82) is 0 Å². The average molecular weight is 310 g/mol. The molecule has 0 saturated heterocycles. The van der Waals surface area contributed by atoms with E-state index >= 15 is 0 Å². The zero-order valence-corrected chi connectivity index (χ0v) is 14.3. The zero-order chi connectivity index (χ0) is 16.5. The summed E-state index contributed by atoms with van der Waals surface area (Å²) in [5, 5.41) is 9.28. The van der Waals surface area contributed by atoms with Gasteiger partial charge in [0.15, 0.2) is 0 Å². The predicted molar refractivity (Wildman–Crippen MR) is 87.3 cm³/mol. The Bertz CT molecular complexity index is 441. The second kappa shape index (κ2) is 9.58. The summed E-state index contributed by atoms with van der Waals surface area (Å²) in [6, 6.07) is -0.167. The van der Waals surface area contributed by atoms with Crippen molar-refractivity contribution in [2.24, 2.45) is 7.05 Å². The van der Waals surface area contributed by atoms with Gasteiger partial charge in [-0.15, -0.1) is 0 Å². The van der Waals surface area contributed by atoms with Crippen LogP contribution in [0.5, 0.6) is 0 Å². The molecule has 6 nitrogen and oxygen atoms in total. The molecule has 0 spiro atoms. The maximum atomic E-state index is 12.8. The van der Waals surface area contributed by atoms with Crippen LogP contribution in [0.1, 0.15) is 39.3 Å². The third kappa shape index (κ3) is 5.10. The van der Waals surface area contributed by atoms with Crippen molar-refractivity contribution in [3.05, 3.63) is 18.2 Å². The number of aryl methyl sites for hydroxylation is 1. The van der Waals surface area contributed by atoms with E-state index in [9.17, 15) is 9.90 Å². The van der Waals surface area contributed by atoms with Crippen molar-refractivity contribution in [1.82, 2.24) is 19.4 Å². The van der Waals surface area contributed by atoms with E-state index < -0.39 is 0 Å². The van der Waals surface area contributed by atoms with Crippen LogP contribution in [0, 0.1) is 0 Å². The molecule has 1 N–H and O–H groups in total. The predicted octanol–water partition coefficient (Wildman–Crippen LogP) is 1.25. The second-order valence-electron chi connectivity index (χ2n) is 5.69. The van der Waals surface area contributed by atoms with Gasteiger partial charge in [-0.3, -0.25) is 9.69 Å². The number of hydrogen-bond donors (Lipinski definition) is 1. The minimum absolute atomic E-state index is 0.0299. The maximum Gasteiger partial charge on any atom is 0.240 e. The highest BCUT2D eigenvalue weighted by molar-refractivity contribution is 5.81. The van der Waals surface area contributed by atoms with Gasteiger partial charge in [-0.1, -0.05) is 13.8 Å². The van der Waals surface area contributed by atoms with Crippen LogP contribution >= 0.6 is 0 Å². The fourth-order valence-corrected chi connectivity index (χ4v) is 2.61. The lowest BCUT2D eigenvalue weighted by Crippen LogP contribution is -2.48. The summed E-state index contributed by atoms with van der Waals surface area (Å²) in [6.07, 6.45) is 5.54. The van der Waals surface area contributed by atoms with E-state index in [1.807, 2.05) is 18.5 Å². The maximum absolute atomic E-state index is 12.8. The third-order valence-corrected chi connectivity index (χ3v) is 3.88. The number of carbonyl (C=O) groups excluding carboxylic acids is 1. The molecule has 1 amide bonds. The number of rotatable bonds is 10. The van der Waals surface area contributed by atoms with Crippen LogP contribution < -0.4 is 0 Å². The molecule has 0 aliphatic carbocycles. The Morgan fingerprint density at radius 3 is 2.41 bits per heavy atom. The topological polar surface area (TPSA) is 61.6 Å². The molecular weight excluding hydrogens is 280 g/mol. The quantitative estimate of drug-likeness (QED) is 0.706. The van der Waals surface area contributed by atoms with E-state index in [1.165, 1.54) is 0 Å². The molecule has 1 atom stereocenters. The molecule has 0 radical (unpaired) electrons. The summed E-state index contributed by atoms with van der Waals surface area (Å²) < 4.78 is 1.90. The van der Waals surface area contributed by atoms with E-state index in [0.29, 0.717) is 13.1 Å². The molecule has 0 aliphatic heterocycles. The Kier molecular flexibility index (Phi) is 8.12. The molecule has 0 aromatic carbocycles. The minimum atomic E-state index is -0.167. The second-order valence-corrected chi connectivity index (χ2v) is 5.69. The molecule has 22 heavy (non-hydrogen) atoms. The average Bonchev–Trinajstić information content (AvgIpc) is 2.90. The molecule has 0 fully saturated rings. The minimum Gasteiger partial charge on any atom is -0.395 e. The van der Waals surface area contributed by atoms with Gasteiger partial charge in [0.25, 0.3) is 0 Å². The molecule has 1 heterocycles. The zero-order valence-electron chi connectivity index (χ0n) is 14.3. The van der Waals surface area contributed by atoms with Crippen molar-refractivity contribution in [3.63, 3.8) is 0 Å². The standard InChI is InChI=1S/C16H30N4O2/c1-5-7-19(8-6-2)14(3)16(22)20(9-10-21)12-15-11-17-13-18(15)4/h11,13-14,21H,5-10,12H2,1-4H3/t14-/m0/s1. The largest absolute Gasteiger partial charge is 0.395 e. The van der Waals surface area contributed by atoms with Crippen molar-refractivity contribution in [2.75, 3.05) is 26.2 Å². The van der Waals surface area contributed by atoms with Crippen LogP contribution in [0.15, 0.2) is 12.5 Å². The molecule has 1 aromatic rings. The summed E-state index contributed by atoms with van der Waals surface area (Å²) >= 11 is 0. The fourth-order valence-electron chi connectivity index (χ4n) is 2.61. The molecular formula is C16H30N4O2. The highest BCUT2D eigenvalue weighted by atomic mass is 16.3. The third-order valence-electron chi connectivity index (χ3n) is 3.88. The first-order chi connectivity index (χ1) is 10.5. The molecule has 126 valence electrons. The van der Waals surface area contributed by atoms with Gasteiger partial charge in [-0.2, -0.15) is 0 Å². The first kappa shape index (κ1) is 18.6. The number of hydrogen-bond acceptors (Lipinski definition) is 4. The van der Waals surface area contributed by atoms with Crippen LogP contribution in [0.25, 0.3) is 0 Å². The van der Waals surface area contributed by atoms with Gasteiger partial charge in [0, 0.05) is 19.8 Å². The van der Waals surface area contributed by atoms with Crippen LogP contribution in [0.3, 0.4) is 0 Å². The fraction of sp³-hybridized carbons (Fsp3) is 0.750. The molecule has 0 saturated carbocycles. The van der Waals surface area contributed by atoms with E-state index in [2.05, 4.69) is 23.7 Å². The lowest BCUT2D eigenvalue weighted by atomic mass is 10.2. The summed E-state index contributed by atoms with van der Waals surface area (Å²) in [4.78, 5) is 20.8. The van der Waals surface area contributed by atoms with Crippen LogP contribution in [0.4, 0.5) is 0 Å². The SMILES string of the molecule is CCCN(CCC)[C@@H](C)C(=O)N(CCO)Cc1cncn1C. The lowest BCUT2D eigenvalue weighted by Gasteiger charge is -2.32. The lowest BCUT2D eigenvalue weighted by molar-refractivity contribution is -0.137. The molecule has 1 aromatic heterocycles. The van der Waals surface area contributed by atoms with Crippen LogP contribution in [0.2, 0.25) is 0 Å². The highest BCUT2D eigenvalue weighted by Crippen LogP contribution is 2.10. The van der Waals surface area contributed by atoms with Gasteiger partial charge in [0.05, 0.1) is 31.2 Å². The highest BCUT2D eigenvalue weighted by Gasteiger charge is 2.25. The Hall–Kier alpha value is -1.40. The Morgan fingerprint density at radius 2 is 1.95 bits per heavy atom. The van der Waals surface area contributed by atoms with Crippen LogP contribution in [-0.2, 0) is 18.4 Å². The number of amides is 1. The van der Waals surface area contributed by atoms with E-state index in [1.54, 1.807) is 17.4 Å². The van der Waals surface area contributed by atoms with Crippen molar-refractivity contribution in [2.45, 2.75) is 46.2 Å². The van der Waals surface area contributed by atoms with Gasteiger partial charge >= 0.3 is 0 Å². The van der Waals surface area contributed by atoms with Gasteiger partial charge in [-0.25, -0.2) is 4.98 Å². The van der Waals surface area contributed by atoms with E-state index in [-0.39, 0.29) is 18.6 Å². The summed E-state index contributed by atoms with van der Waals surface area (Å²) in [7, 11) is 1.91. The monoisotopic (exact) mass is 310 g/mol. The normalized spacial score (nSPS) is 12.6. The Balaban J connectivity index is 2.80. The smallest absolute Gasteiger partial charge is 0.240 e. The number of aromatic nitrogens is 2. The number of aliphatic hydroxyl groups is 1. The van der Waals surface area contributed by atoms with Gasteiger partial charge in [-0.05, 0) is 32.9 Å². The molecule has 0 aliphatic rings. The van der Waals surface area contributed by atoms with E-state index in [4.69, 9.17) is 0 Å². The molecule has 0 unspecified atom stereocenters. The Morgan fingerprint density at radius 1 is 1.32 bits per heavy atom. The number of nitrogens with zero attached hydrogens (tertiary/aromatic N) is 4. The van der Waals surface area contributed by atoms with Gasteiger partial charge in [0.1, 0.15) is 0 Å². The van der Waals surface area contributed by atoms with Crippen molar-refractivity contribution in [3.8, 4) is 0 Å². The summed E-state index contributed by atoms with van der Waals surface area (Å²) in [5.74, 6) is 0.0668. The number of aliphatic hydroxyl groups excluding tert-OH is 1. The molecule has 1 rings (SSSR count). The first-order valence-electron chi connectivity index (χ1n) is 8.13. The van der Waals surface area contributed by atoms with Gasteiger partial charge < -0.3 is 14.6 Å². The number of imidazole rings is 1. The number of carbonyl (C=O) groups is 1. The summed E-state index contributed by atoms with van der Waals surface area (Å²) in [5.41, 5.74) is 0.964. The van der Waals surface area contributed by atoms with Gasteiger partial charge in [0.2, 0.25) is 5.91 Å².